The van der Waals surface area contributed by atoms with Gasteiger partial charge >= 0.3 is 0 Å². The van der Waals surface area contributed by atoms with Gasteiger partial charge in [0.25, 0.3) is 0 Å². The summed E-state index contributed by atoms with van der Waals surface area (Å²) in [6, 6.07) is 0.750. The van der Waals surface area contributed by atoms with Crippen LogP contribution in [0, 0.1) is 5.92 Å². The lowest BCUT2D eigenvalue weighted by atomic mass is 10.1. The Morgan fingerprint density at radius 1 is 1.24 bits per heavy atom. The van der Waals surface area contributed by atoms with Gasteiger partial charge in [-0.05, 0) is 64.8 Å². The molecule has 0 saturated carbocycles. The zero-order valence-corrected chi connectivity index (χ0v) is 11.6. The molecule has 0 aromatic rings. The summed E-state index contributed by atoms with van der Waals surface area (Å²) < 4.78 is 0. The first-order chi connectivity index (χ1) is 8.29. The molecule has 1 N–H and O–H groups in total. The highest BCUT2D eigenvalue weighted by Gasteiger charge is 2.27. The largest absolute Gasteiger partial charge is 0.317 e. The van der Waals surface area contributed by atoms with E-state index in [0.717, 1.165) is 18.5 Å². The molecule has 2 heterocycles. The van der Waals surface area contributed by atoms with Crippen molar-refractivity contribution < 1.29 is 0 Å². The van der Waals surface area contributed by atoms with Crippen LogP contribution in [0.5, 0.6) is 0 Å². The zero-order chi connectivity index (χ0) is 12.1. The molecule has 2 atom stereocenters. The number of hydrogen-bond acceptors (Lipinski definition) is 3. The van der Waals surface area contributed by atoms with Gasteiger partial charge in [-0.2, -0.15) is 0 Å². The third kappa shape index (κ3) is 3.94. The predicted molar refractivity (Wildman–Crippen MR) is 73.4 cm³/mol. The number of nitrogens with zero attached hydrogens (tertiary/aromatic N) is 2. The van der Waals surface area contributed by atoms with Gasteiger partial charge in [0, 0.05) is 19.1 Å². The summed E-state index contributed by atoms with van der Waals surface area (Å²) in [4.78, 5) is 5.34. The molecule has 0 spiro atoms. The van der Waals surface area contributed by atoms with Gasteiger partial charge in [0.2, 0.25) is 0 Å². The third-order valence-corrected chi connectivity index (χ3v) is 4.34. The van der Waals surface area contributed by atoms with Crippen LogP contribution in [-0.4, -0.2) is 61.7 Å². The van der Waals surface area contributed by atoms with Crippen molar-refractivity contribution in [2.75, 3.05) is 45.8 Å². The number of nitrogens with one attached hydrogen (secondary N) is 1. The molecule has 2 unspecified atom stereocenters. The van der Waals surface area contributed by atoms with Crippen LogP contribution in [0.25, 0.3) is 0 Å². The monoisotopic (exact) mass is 239 g/mol. The molecule has 2 aliphatic rings. The first-order valence-corrected chi connectivity index (χ1v) is 7.46. The predicted octanol–water partition coefficient (Wildman–Crippen LogP) is 1.40. The third-order valence-electron chi connectivity index (χ3n) is 4.34. The molecule has 17 heavy (non-hydrogen) atoms. The summed E-state index contributed by atoms with van der Waals surface area (Å²) >= 11 is 0. The zero-order valence-electron chi connectivity index (χ0n) is 11.6. The molecule has 0 radical (unpaired) electrons. The Balaban J connectivity index is 1.67. The Kier molecular flexibility index (Phi) is 5.26. The van der Waals surface area contributed by atoms with E-state index in [-0.39, 0.29) is 0 Å². The van der Waals surface area contributed by atoms with Crippen molar-refractivity contribution in [3.05, 3.63) is 0 Å². The van der Waals surface area contributed by atoms with E-state index < -0.39 is 0 Å². The molecular formula is C14H29N3. The second-order valence-electron chi connectivity index (χ2n) is 5.81. The van der Waals surface area contributed by atoms with Crippen molar-refractivity contribution in [3.8, 4) is 0 Å². The quantitative estimate of drug-likeness (QED) is 0.756. The summed E-state index contributed by atoms with van der Waals surface area (Å²) in [6.45, 7) is 13.5. The summed E-state index contributed by atoms with van der Waals surface area (Å²) in [7, 11) is 0. The second kappa shape index (κ2) is 6.72. The highest BCUT2D eigenvalue weighted by Crippen LogP contribution is 2.19. The van der Waals surface area contributed by atoms with Crippen LogP contribution >= 0.6 is 0 Å². The van der Waals surface area contributed by atoms with Crippen LogP contribution < -0.4 is 5.32 Å². The van der Waals surface area contributed by atoms with Crippen molar-refractivity contribution in [3.63, 3.8) is 0 Å². The fraction of sp³-hybridized carbons (Fsp3) is 1.00. The Bertz CT molecular complexity index is 214. The molecule has 2 saturated heterocycles. The fourth-order valence-corrected chi connectivity index (χ4v) is 3.23. The van der Waals surface area contributed by atoms with Crippen LogP contribution in [-0.2, 0) is 0 Å². The molecule has 2 aliphatic heterocycles. The summed E-state index contributed by atoms with van der Waals surface area (Å²) in [5, 5.41) is 3.49. The molecule has 0 amide bonds. The van der Waals surface area contributed by atoms with Crippen molar-refractivity contribution in [1.82, 2.24) is 15.1 Å². The topological polar surface area (TPSA) is 18.5 Å². The maximum Gasteiger partial charge on any atom is 0.0195 e. The van der Waals surface area contributed by atoms with Gasteiger partial charge in [-0.15, -0.1) is 0 Å². The maximum atomic E-state index is 3.49. The van der Waals surface area contributed by atoms with Gasteiger partial charge in [-0.25, -0.2) is 0 Å². The van der Waals surface area contributed by atoms with E-state index in [0.29, 0.717) is 0 Å². The van der Waals surface area contributed by atoms with Gasteiger partial charge < -0.3 is 10.2 Å². The van der Waals surface area contributed by atoms with E-state index in [1.54, 1.807) is 0 Å². The smallest absolute Gasteiger partial charge is 0.0195 e. The van der Waals surface area contributed by atoms with Crippen LogP contribution in [0.4, 0.5) is 0 Å². The molecule has 3 nitrogen and oxygen atoms in total. The van der Waals surface area contributed by atoms with Gasteiger partial charge in [-0.3, -0.25) is 4.90 Å². The minimum Gasteiger partial charge on any atom is -0.317 e. The van der Waals surface area contributed by atoms with E-state index in [1.165, 1.54) is 58.5 Å². The molecule has 3 heteroatoms. The van der Waals surface area contributed by atoms with Crippen LogP contribution in [0.15, 0.2) is 0 Å². The number of rotatable bonds is 6. The van der Waals surface area contributed by atoms with Gasteiger partial charge in [0.15, 0.2) is 0 Å². The first-order valence-electron chi connectivity index (χ1n) is 7.46. The molecule has 0 bridgehead atoms. The molecular weight excluding hydrogens is 210 g/mol. The standard InChI is InChI=1S/C14H29N3/c1-3-15-10-14-6-9-17(12-14)13(2)11-16-7-4-5-8-16/h13-15H,3-12H2,1-2H3. The lowest BCUT2D eigenvalue weighted by Crippen LogP contribution is -2.40. The Labute approximate surface area is 107 Å². The fourth-order valence-electron chi connectivity index (χ4n) is 3.23. The molecule has 2 rings (SSSR count). The van der Waals surface area contributed by atoms with E-state index in [4.69, 9.17) is 0 Å². The minimum absolute atomic E-state index is 0.750. The maximum absolute atomic E-state index is 3.49. The van der Waals surface area contributed by atoms with Crippen LogP contribution in [0.2, 0.25) is 0 Å². The van der Waals surface area contributed by atoms with Crippen LogP contribution in [0.3, 0.4) is 0 Å². The lowest BCUT2D eigenvalue weighted by molar-refractivity contribution is 0.186. The highest BCUT2D eigenvalue weighted by molar-refractivity contribution is 4.83. The van der Waals surface area contributed by atoms with Crippen LogP contribution in [0.1, 0.15) is 33.1 Å². The second-order valence-corrected chi connectivity index (χ2v) is 5.81. The molecule has 100 valence electrons. The molecule has 2 fully saturated rings. The summed E-state index contributed by atoms with van der Waals surface area (Å²) in [5.74, 6) is 0.885. The first kappa shape index (κ1) is 13.3. The number of likely N-dealkylation sites (tertiary alicyclic amines) is 2. The Hall–Kier alpha value is -0.120. The van der Waals surface area contributed by atoms with Gasteiger partial charge in [-0.1, -0.05) is 6.92 Å². The lowest BCUT2D eigenvalue weighted by Gasteiger charge is -2.28. The van der Waals surface area contributed by atoms with Crippen molar-refractivity contribution in [2.24, 2.45) is 5.92 Å². The normalized spacial score (nSPS) is 28.9. The Morgan fingerprint density at radius 2 is 2.00 bits per heavy atom. The minimum atomic E-state index is 0.750. The highest BCUT2D eigenvalue weighted by atomic mass is 15.2. The molecule has 0 aromatic heterocycles. The van der Waals surface area contributed by atoms with Crippen molar-refractivity contribution in [1.29, 1.82) is 0 Å². The number of hydrogen-bond donors (Lipinski definition) is 1. The summed E-state index contributed by atoms with van der Waals surface area (Å²) in [6.07, 6.45) is 4.21. The Morgan fingerprint density at radius 3 is 2.71 bits per heavy atom. The average Bonchev–Trinajstić information content (AvgIpc) is 2.96. The van der Waals surface area contributed by atoms with E-state index >= 15 is 0 Å². The van der Waals surface area contributed by atoms with E-state index in [2.05, 4.69) is 29.0 Å². The summed E-state index contributed by atoms with van der Waals surface area (Å²) in [5.41, 5.74) is 0. The molecule has 0 aromatic carbocycles. The van der Waals surface area contributed by atoms with Crippen molar-refractivity contribution in [2.45, 2.75) is 39.2 Å². The van der Waals surface area contributed by atoms with Gasteiger partial charge in [0.05, 0.1) is 0 Å². The van der Waals surface area contributed by atoms with Gasteiger partial charge in [0.1, 0.15) is 0 Å². The van der Waals surface area contributed by atoms with Crippen molar-refractivity contribution >= 4 is 0 Å². The average molecular weight is 239 g/mol. The SMILES string of the molecule is CCNCC1CCN(C(C)CN2CCCC2)C1. The van der Waals surface area contributed by atoms with E-state index in [1.807, 2.05) is 0 Å². The van der Waals surface area contributed by atoms with E-state index in [9.17, 15) is 0 Å². The molecule has 0 aliphatic carbocycles.